The Hall–Kier alpha value is -1.05. The molecule has 2 heteroatoms. The molecule has 0 radical (unpaired) electrons. The summed E-state index contributed by atoms with van der Waals surface area (Å²) in [4.78, 5) is 0. The van der Waals surface area contributed by atoms with Crippen LogP contribution in [0.1, 0.15) is 31.7 Å². The maximum Gasteiger partial charge on any atom is 0.126 e. The molecule has 0 bridgehead atoms. The van der Waals surface area contributed by atoms with E-state index in [2.05, 4.69) is 12.2 Å². The monoisotopic (exact) mass is 207 g/mol. The van der Waals surface area contributed by atoms with Gasteiger partial charge in [-0.05, 0) is 49.9 Å². The van der Waals surface area contributed by atoms with Crippen LogP contribution in [0.5, 0.6) is 0 Å². The average Bonchev–Trinajstić information content (AvgIpc) is 2.95. The molecular formula is C13H18FN. The van der Waals surface area contributed by atoms with E-state index in [1.807, 2.05) is 12.1 Å². The summed E-state index contributed by atoms with van der Waals surface area (Å²) in [5.74, 6) is 0.796. The lowest BCUT2D eigenvalue weighted by atomic mass is 10.1. The van der Waals surface area contributed by atoms with Crippen LogP contribution in [0.4, 0.5) is 10.1 Å². The highest BCUT2D eigenvalue weighted by Gasteiger charge is 2.23. The van der Waals surface area contributed by atoms with E-state index in [-0.39, 0.29) is 5.82 Å². The van der Waals surface area contributed by atoms with Crippen molar-refractivity contribution < 1.29 is 4.39 Å². The van der Waals surface area contributed by atoms with Crippen LogP contribution in [0.2, 0.25) is 0 Å². The molecule has 1 aromatic carbocycles. The van der Waals surface area contributed by atoms with E-state index >= 15 is 0 Å². The first kappa shape index (κ1) is 10.5. The van der Waals surface area contributed by atoms with Gasteiger partial charge in [0.15, 0.2) is 0 Å². The standard InChI is InChI=1S/C13H18FN/c1-9-7-12(5-6-13(9)14)15-10(2)8-11-3-4-11/h5-7,10-11,15H,3-4,8H2,1-2H3. The normalized spacial score (nSPS) is 17.5. The van der Waals surface area contributed by atoms with Crippen LogP contribution in [0.15, 0.2) is 18.2 Å². The zero-order chi connectivity index (χ0) is 10.8. The maximum absolute atomic E-state index is 13.0. The molecule has 1 aliphatic rings. The molecule has 0 spiro atoms. The topological polar surface area (TPSA) is 12.0 Å². The number of benzene rings is 1. The van der Waals surface area contributed by atoms with E-state index in [9.17, 15) is 4.39 Å². The van der Waals surface area contributed by atoms with Crippen molar-refractivity contribution in [3.8, 4) is 0 Å². The Labute approximate surface area is 90.7 Å². The quantitative estimate of drug-likeness (QED) is 0.793. The first-order chi connectivity index (χ1) is 7.15. The van der Waals surface area contributed by atoms with Gasteiger partial charge in [0.2, 0.25) is 0 Å². The van der Waals surface area contributed by atoms with E-state index in [0.29, 0.717) is 11.6 Å². The van der Waals surface area contributed by atoms with Crippen molar-refractivity contribution in [3.05, 3.63) is 29.6 Å². The van der Waals surface area contributed by atoms with Crippen LogP contribution in [0, 0.1) is 18.7 Å². The van der Waals surface area contributed by atoms with Crippen LogP contribution in [-0.4, -0.2) is 6.04 Å². The Bertz CT molecular complexity index is 344. The summed E-state index contributed by atoms with van der Waals surface area (Å²) >= 11 is 0. The van der Waals surface area contributed by atoms with E-state index in [1.54, 1.807) is 6.92 Å². The summed E-state index contributed by atoms with van der Waals surface area (Å²) < 4.78 is 13.0. The Morgan fingerprint density at radius 1 is 1.47 bits per heavy atom. The predicted molar refractivity (Wildman–Crippen MR) is 61.6 cm³/mol. The lowest BCUT2D eigenvalue weighted by molar-refractivity contribution is 0.617. The number of anilines is 1. The van der Waals surface area contributed by atoms with Gasteiger partial charge in [-0.1, -0.05) is 12.8 Å². The largest absolute Gasteiger partial charge is 0.383 e. The van der Waals surface area contributed by atoms with Gasteiger partial charge in [-0.2, -0.15) is 0 Å². The van der Waals surface area contributed by atoms with Crippen LogP contribution in [0.3, 0.4) is 0 Å². The molecule has 1 saturated carbocycles. The van der Waals surface area contributed by atoms with Crippen LogP contribution >= 0.6 is 0 Å². The molecule has 1 N–H and O–H groups in total. The molecule has 1 unspecified atom stereocenters. The summed E-state index contributed by atoms with van der Waals surface area (Å²) in [6.07, 6.45) is 4.00. The second-order valence-electron chi connectivity index (χ2n) is 4.69. The third-order valence-electron chi connectivity index (χ3n) is 2.95. The number of aryl methyl sites for hydroxylation is 1. The Morgan fingerprint density at radius 2 is 2.20 bits per heavy atom. The fourth-order valence-corrected chi connectivity index (χ4v) is 1.93. The fraction of sp³-hybridized carbons (Fsp3) is 0.538. The maximum atomic E-state index is 13.0. The van der Waals surface area contributed by atoms with Gasteiger partial charge >= 0.3 is 0 Å². The highest BCUT2D eigenvalue weighted by molar-refractivity contribution is 5.46. The van der Waals surface area contributed by atoms with Gasteiger partial charge in [0.25, 0.3) is 0 Å². The first-order valence-corrected chi connectivity index (χ1v) is 5.68. The summed E-state index contributed by atoms with van der Waals surface area (Å²) in [7, 11) is 0. The van der Waals surface area contributed by atoms with E-state index in [1.165, 1.54) is 25.3 Å². The van der Waals surface area contributed by atoms with Gasteiger partial charge in [0, 0.05) is 11.7 Å². The van der Waals surface area contributed by atoms with E-state index in [0.717, 1.165) is 11.6 Å². The lowest BCUT2D eigenvalue weighted by Gasteiger charge is -2.15. The minimum Gasteiger partial charge on any atom is -0.383 e. The number of hydrogen-bond acceptors (Lipinski definition) is 1. The summed E-state index contributed by atoms with van der Waals surface area (Å²) in [6.45, 7) is 3.99. The molecule has 0 aromatic heterocycles. The number of nitrogens with one attached hydrogen (secondary N) is 1. The smallest absolute Gasteiger partial charge is 0.126 e. The average molecular weight is 207 g/mol. The Kier molecular flexibility index (Phi) is 2.94. The van der Waals surface area contributed by atoms with Crippen molar-refractivity contribution in [2.45, 2.75) is 39.2 Å². The van der Waals surface area contributed by atoms with Gasteiger partial charge in [0.1, 0.15) is 5.82 Å². The van der Waals surface area contributed by atoms with Crippen molar-refractivity contribution in [1.29, 1.82) is 0 Å². The second-order valence-corrected chi connectivity index (χ2v) is 4.69. The molecule has 1 nitrogen and oxygen atoms in total. The van der Waals surface area contributed by atoms with Crippen molar-refractivity contribution in [1.82, 2.24) is 0 Å². The zero-order valence-electron chi connectivity index (χ0n) is 9.39. The molecule has 15 heavy (non-hydrogen) atoms. The minimum atomic E-state index is -0.129. The molecule has 1 aliphatic carbocycles. The van der Waals surface area contributed by atoms with Crippen molar-refractivity contribution in [2.75, 3.05) is 5.32 Å². The third-order valence-corrected chi connectivity index (χ3v) is 2.95. The molecule has 0 heterocycles. The third kappa shape index (κ3) is 2.95. The molecule has 2 rings (SSSR count). The number of hydrogen-bond donors (Lipinski definition) is 1. The molecular weight excluding hydrogens is 189 g/mol. The number of rotatable bonds is 4. The van der Waals surface area contributed by atoms with Crippen LogP contribution in [-0.2, 0) is 0 Å². The van der Waals surface area contributed by atoms with Crippen LogP contribution in [0.25, 0.3) is 0 Å². The Balaban J connectivity index is 1.93. The second kappa shape index (κ2) is 4.21. The van der Waals surface area contributed by atoms with Crippen LogP contribution < -0.4 is 5.32 Å². The molecule has 0 amide bonds. The predicted octanol–water partition coefficient (Wildman–Crippen LogP) is 3.73. The summed E-state index contributed by atoms with van der Waals surface area (Å²) in [5, 5.41) is 3.41. The summed E-state index contributed by atoms with van der Waals surface area (Å²) in [5.41, 5.74) is 1.74. The van der Waals surface area contributed by atoms with Gasteiger partial charge in [0.05, 0.1) is 0 Å². The molecule has 0 saturated heterocycles. The van der Waals surface area contributed by atoms with Crippen molar-refractivity contribution in [2.24, 2.45) is 5.92 Å². The SMILES string of the molecule is Cc1cc(NC(C)CC2CC2)ccc1F. The van der Waals surface area contributed by atoms with Crippen molar-refractivity contribution >= 4 is 5.69 Å². The molecule has 82 valence electrons. The van der Waals surface area contributed by atoms with Gasteiger partial charge in [-0.25, -0.2) is 4.39 Å². The van der Waals surface area contributed by atoms with Gasteiger partial charge < -0.3 is 5.32 Å². The number of halogens is 1. The first-order valence-electron chi connectivity index (χ1n) is 5.68. The highest BCUT2D eigenvalue weighted by Crippen LogP contribution is 2.34. The van der Waals surface area contributed by atoms with E-state index < -0.39 is 0 Å². The van der Waals surface area contributed by atoms with E-state index in [4.69, 9.17) is 0 Å². The van der Waals surface area contributed by atoms with Gasteiger partial charge in [-0.3, -0.25) is 0 Å². The summed E-state index contributed by atoms with van der Waals surface area (Å²) in [6, 6.07) is 5.70. The molecule has 1 atom stereocenters. The van der Waals surface area contributed by atoms with Crippen molar-refractivity contribution in [3.63, 3.8) is 0 Å². The lowest BCUT2D eigenvalue weighted by Crippen LogP contribution is -2.15. The minimum absolute atomic E-state index is 0.129. The highest BCUT2D eigenvalue weighted by atomic mass is 19.1. The van der Waals surface area contributed by atoms with Gasteiger partial charge in [-0.15, -0.1) is 0 Å². The zero-order valence-corrected chi connectivity index (χ0v) is 9.39. The Morgan fingerprint density at radius 3 is 2.80 bits per heavy atom. The molecule has 1 aromatic rings. The molecule has 0 aliphatic heterocycles. The molecule has 1 fully saturated rings. The fourth-order valence-electron chi connectivity index (χ4n) is 1.93.